The van der Waals surface area contributed by atoms with Gasteiger partial charge in [-0.2, -0.15) is 0 Å². The van der Waals surface area contributed by atoms with Crippen LogP contribution < -0.4 is 14.8 Å². The molecule has 6 heteroatoms. The Morgan fingerprint density at radius 3 is 2.88 bits per heavy atom. The summed E-state index contributed by atoms with van der Waals surface area (Å²) >= 11 is 0. The number of rotatable bonds is 6. The minimum absolute atomic E-state index is 0.0902. The fourth-order valence-electron chi connectivity index (χ4n) is 2.95. The van der Waals surface area contributed by atoms with Gasteiger partial charge >= 0.3 is 0 Å². The number of carbonyl (C=O) groups excluding carboxylic acids is 1. The van der Waals surface area contributed by atoms with Gasteiger partial charge in [-0.25, -0.2) is 4.98 Å². The predicted octanol–water partition coefficient (Wildman–Crippen LogP) is 2.43. The Hall–Kier alpha value is -2.50. The molecule has 1 N–H and O–H groups in total. The summed E-state index contributed by atoms with van der Waals surface area (Å²) in [6, 6.07) is 5.42. The first-order chi connectivity index (χ1) is 11.7. The normalized spacial score (nSPS) is 16.3. The maximum atomic E-state index is 12.6. The second-order valence-electron chi connectivity index (χ2n) is 5.73. The van der Waals surface area contributed by atoms with E-state index in [9.17, 15) is 4.79 Å². The molecule has 0 fully saturated rings. The molecule has 1 aromatic carbocycles. The molecule has 0 bridgehead atoms. The average molecular weight is 329 g/mol. The Morgan fingerprint density at radius 2 is 2.08 bits per heavy atom. The third kappa shape index (κ3) is 3.53. The van der Waals surface area contributed by atoms with Gasteiger partial charge in [0.2, 0.25) is 0 Å². The number of imidazole rings is 1. The lowest BCUT2D eigenvalue weighted by Crippen LogP contribution is -2.40. The molecular weight excluding hydrogens is 306 g/mol. The summed E-state index contributed by atoms with van der Waals surface area (Å²) in [6.07, 6.45) is 5.54. The van der Waals surface area contributed by atoms with E-state index in [2.05, 4.69) is 14.9 Å². The highest BCUT2D eigenvalue weighted by Gasteiger charge is 2.21. The lowest BCUT2D eigenvalue weighted by Gasteiger charge is -2.25. The molecule has 0 spiro atoms. The Balaban J connectivity index is 1.69. The molecule has 2 aromatic rings. The van der Waals surface area contributed by atoms with Crippen LogP contribution in [0.5, 0.6) is 11.5 Å². The fourth-order valence-corrected chi connectivity index (χ4v) is 2.95. The summed E-state index contributed by atoms with van der Waals surface area (Å²) in [5.41, 5.74) is 0.582. The third-order valence-electron chi connectivity index (χ3n) is 4.08. The van der Waals surface area contributed by atoms with E-state index in [0.717, 1.165) is 25.2 Å². The van der Waals surface area contributed by atoms with Crippen LogP contribution in [0, 0.1) is 0 Å². The lowest BCUT2D eigenvalue weighted by atomic mass is 10.1. The van der Waals surface area contributed by atoms with Crippen molar-refractivity contribution in [2.45, 2.75) is 39.3 Å². The highest BCUT2D eigenvalue weighted by Crippen LogP contribution is 2.28. The minimum atomic E-state index is -0.0902. The van der Waals surface area contributed by atoms with Crippen LogP contribution in [0.2, 0.25) is 0 Å². The number of benzene rings is 1. The zero-order chi connectivity index (χ0) is 16.9. The van der Waals surface area contributed by atoms with E-state index in [1.807, 2.05) is 20.0 Å². The van der Waals surface area contributed by atoms with Crippen LogP contribution in [-0.2, 0) is 13.0 Å². The first-order valence-corrected chi connectivity index (χ1v) is 8.41. The lowest BCUT2D eigenvalue weighted by molar-refractivity contribution is 0.0927. The van der Waals surface area contributed by atoms with Gasteiger partial charge in [0.15, 0.2) is 11.5 Å². The van der Waals surface area contributed by atoms with Crippen molar-refractivity contribution in [2.24, 2.45) is 0 Å². The van der Waals surface area contributed by atoms with Crippen molar-refractivity contribution < 1.29 is 14.3 Å². The molecule has 24 heavy (non-hydrogen) atoms. The van der Waals surface area contributed by atoms with Gasteiger partial charge in [-0.05, 0) is 38.5 Å². The first-order valence-electron chi connectivity index (χ1n) is 8.41. The molecule has 128 valence electrons. The van der Waals surface area contributed by atoms with E-state index in [1.54, 1.807) is 24.4 Å². The highest BCUT2D eigenvalue weighted by atomic mass is 16.5. The number of nitrogens with one attached hydrogen (secondary N) is 1. The number of aryl methyl sites for hydroxylation is 1. The van der Waals surface area contributed by atoms with E-state index < -0.39 is 0 Å². The quantitative estimate of drug-likeness (QED) is 0.884. The molecule has 3 rings (SSSR count). The number of amides is 1. The minimum Gasteiger partial charge on any atom is -0.490 e. The van der Waals surface area contributed by atoms with E-state index in [1.165, 1.54) is 0 Å². The predicted molar refractivity (Wildman–Crippen MR) is 90.6 cm³/mol. The van der Waals surface area contributed by atoms with Gasteiger partial charge in [0.1, 0.15) is 5.82 Å². The summed E-state index contributed by atoms with van der Waals surface area (Å²) in [6.45, 7) is 5.67. The Labute approximate surface area is 141 Å². The number of ether oxygens (including phenoxy) is 2. The van der Waals surface area contributed by atoms with Gasteiger partial charge in [0.05, 0.1) is 13.2 Å². The van der Waals surface area contributed by atoms with Crippen molar-refractivity contribution >= 4 is 5.91 Å². The summed E-state index contributed by atoms with van der Waals surface area (Å²) < 4.78 is 13.2. The molecular formula is C18H23N3O3. The number of fused-ring (bicyclic) bond motifs is 1. The van der Waals surface area contributed by atoms with Crippen molar-refractivity contribution in [1.29, 1.82) is 0 Å². The molecule has 0 aliphatic carbocycles. The largest absolute Gasteiger partial charge is 0.490 e. The van der Waals surface area contributed by atoms with Crippen LogP contribution in [-0.4, -0.2) is 34.7 Å². The molecule has 1 unspecified atom stereocenters. The van der Waals surface area contributed by atoms with Crippen molar-refractivity contribution in [2.75, 3.05) is 13.2 Å². The zero-order valence-electron chi connectivity index (χ0n) is 14.1. The maximum absolute atomic E-state index is 12.6. The van der Waals surface area contributed by atoms with Crippen molar-refractivity contribution in [3.63, 3.8) is 0 Å². The molecule has 0 saturated carbocycles. The van der Waals surface area contributed by atoms with Gasteiger partial charge in [-0.1, -0.05) is 0 Å². The summed E-state index contributed by atoms with van der Waals surface area (Å²) in [5.74, 6) is 2.26. The molecule has 2 heterocycles. The molecule has 1 atom stereocenters. The van der Waals surface area contributed by atoms with Crippen LogP contribution >= 0.6 is 0 Å². The van der Waals surface area contributed by atoms with Gasteiger partial charge in [0.25, 0.3) is 5.91 Å². The molecule has 6 nitrogen and oxygen atoms in total. The van der Waals surface area contributed by atoms with Crippen LogP contribution in [0.3, 0.4) is 0 Å². The Morgan fingerprint density at radius 1 is 1.29 bits per heavy atom. The zero-order valence-corrected chi connectivity index (χ0v) is 14.1. The number of nitrogens with zero attached hydrogens (tertiary/aromatic N) is 2. The number of carbonyl (C=O) groups is 1. The van der Waals surface area contributed by atoms with Crippen LogP contribution in [0.25, 0.3) is 0 Å². The second kappa shape index (κ2) is 7.38. The highest BCUT2D eigenvalue weighted by molar-refractivity contribution is 5.95. The average Bonchev–Trinajstić information content (AvgIpc) is 3.04. The van der Waals surface area contributed by atoms with Crippen LogP contribution in [0.1, 0.15) is 36.5 Å². The fraction of sp³-hybridized carbons (Fsp3) is 0.444. The van der Waals surface area contributed by atoms with Crippen LogP contribution in [0.4, 0.5) is 0 Å². The summed E-state index contributed by atoms with van der Waals surface area (Å²) in [5, 5.41) is 3.10. The van der Waals surface area contributed by atoms with Gasteiger partial charge in [-0.15, -0.1) is 0 Å². The number of hydrogen-bond donors (Lipinski definition) is 1. The Bertz CT molecular complexity index is 711. The van der Waals surface area contributed by atoms with Crippen LogP contribution in [0.15, 0.2) is 30.6 Å². The monoisotopic (exact) mass is 329 g/mol. The van der Waals surface area contributed by atoms with Crippen molar-refractivity contribution in [1.82, 2.24) is 14.9 Å². The molecule has 1 aliphatic heterocycles. The van der Waals surface area contributed by atoms with E-state index in [-0.39, 0.29) is 11.9 Å². The number of aromatic nitrogens is 2. The molecule has 1 aromatic heterocycles. The van der Waals surface area contributed by atoms with Gasteiger partial charge in [-0.3, -0.25) is 4.79 Å². The van der Waals surface area contributed by atoms with Gasteiger partial charge in [0, 0.05) is 37.0 Å². The van der Waals surface area contributed by atoms with Crippen molar-refractivity contribution in [3.05, 3.63) is 42.0 Å². The smallest absolute Gasteiger partial charge is 0.251 e. The van der Waals surface area contributed by atoms with E-state index >= 15 is 0 Å². The number of hydrogen-bond acceptors (Lipinski definition) is 4. The SMILES string of the molecule is CCOc1ccc(C(=O)NC2CCc3nccn3C2)cc1OCC. The van der Waals surface area contributed by atoms with E-state index in [0.29, 0.717) is 30.3 Å². The molecule has 1 aliphatic rings. The van der Waals surface area contributed by atoms with E-state index in [4.69, 9.17) is 9.47 Å². The topological polar surface area (TPSA) is 65.4 Å². The van der Waals surface area contributed by atoms with Gasteiger partial charge < -0.3 is 19.4 Å². The van der Waals surface area contributed by atoms with Crippen molar-refractivity contribution in [3.8, 4) is 11.5 Å². The summed E-state index contributed by atoms with van der Waals surface area (Å²) in [7, 11) is 0. The Kier molecular flexibility index (Phi) is 5.03. The standard InChI is InChI=1S/C18H23N3O3/c1-3-23-15-7-5-13(11-16(15)24-4-2)18(22)20-14-6-8-17-19-9-10-21(17)12-14/h5,7,9-11,14H,3-4,6,8,12H2,1-2H3,(H,20,22). The summed E-state index contributed by atoms with van der Waals surface area (Å²) in [4.78, 5) is 16.9. The molecule has 0 saturated heterocycles. The second-order valence-corrected chi connectivity index (χ2v) is 5.73. The first kappa shape index (κ1) is 16.4. The molecule has 1 amide bonds. The molecule has 0 radical (unpaired) electrons. The third-order valence-corrected chi connectivity index (χ3v) is 4.08. The maximum Gasteiger partial charge on any atom is 0.251 e.